The molecule has 1 heterocycles. The van der Waals surface area contributed by atoms with Gasteiger partial charge in [-0.2, -0.15) is 0 Å². The summed E-state index contributed by atoms with van der Waals surface area (Å²) >= 11 is 0. The highest BCUT2D eigenvalue weighted by Gasteiger charge is 2.13. The Balaban J connectivity index is 1.51. The lowest BCUT2D eigenvalue weighted by Crippen LogP contribution is -2.22. The fourth-order valence-electron chi connectivity index (χ4n) is 2.43. The summed E-state index contributed by atoms with van der Waals surface area (Å²) in [6.45, 7) is 0.458. The molecular formula is C21H20N2O4S. The van der Waals surface area contributed by atoms with Crippen LogP contribution in [0.25, 0.3) is 6.08 Å². The Labute approximate surface area is 163 Å². The van der Waals surface area contributed by atoms with Gasteiger partial charge in [0, 0.05) is 12.6 Å². The molecular weight excluding hydrogens is 376 g/mol. The third-order valence-electron chi connectivity index (χ3n) is 3.88. The predicted octanol–water partition coefficient (Wildman–Crippen LogP) is 3.09. The molecule has 3 aromatic rings. The Bertz CT molecular complexity index is 1040. The van der Waals surface area contributed by atoms with Gasteiger partial charge in [0.1, 0.15) is 11.5 Å². The summed E-state index contributed by atoms with van der Waals surface area (Å²) in [5.74, 6) is 0.666. The molecule has 1 amide bonds. The molecule has 0 saturated carbocycles. The van der Waals surface area contributed by atoms with E-state index in [4.69, 9.17) is 4.42 Å². The van der Waals surface area contributed by atoms with Crippen LogP contribution in [0, 0.1) is 0 Å². The van der Waals surface area contributed by atoms with Gasteiger partial charge in [0.25, 0.3) is 0 Å². The van der Waals surface area contributed by atoms with Gasteiger partial charge < -0.3 is 9.73 Å². The Morgan fingerprint density at radius 1 is 0.893 bits per heavy atom. The zero-order valence-electron chi connectivity index (χ0n) is 15.0. The number of benzene rings is 2. The standard InChI is InChI=1S/C21H20N2O4S/c24-21(22-15-17-7-3-1-4-8-17)14-13-18-11-12-19(27-18)16-23-28(25,26)20-9-5-2-6-10-20/h1-14,23H,15-16H2,(H,22,24)/b14-13+. The maximum atomic E-state index is 12.2. The lowest BCUT2D eigenvalue weighted by atomic mass is 10.2. The smallest absolute Gasteiger partial charge is 0.244 e. The molecule has 1 aromatic heterocycles. The van der Waals surface area contributed by atoms with Crippen LogP contribution in [0.4, 0.5) is 0 Å². The van der Waals surface area contributed by atoms with Gasteiger partial charge in [-0.15, -0.1) is 0 Å². The molecule has 144 valence electrons. The number of furan rings is 1. The Morgan fingerprint density at radius 2 is 1.57 bits per heavy atom. The van der Waals surface area contributed by atoms with Gasteiger partial charge in [0.2, 0.25) is 15.9 Å². The molecule has 0 bridgehead atoms. The van der Waals surface area contributed by atoms with Gasteiger partial charge in [0.15, 0.2) is 0 Å². The molecule has 6 nitrogen and oxygen atoms in total. The molecule has 0 aliphatic rings. The average Bonchev–Trinajstić information content (AvgIpc) is 3.19. The quantitative estimate of drug-likeness (QED) is 0.573. The van der Waals surface area contributed by atoms with E-state index in [0.29, 0.717) is 18.1 Å². The molecule has 0 saturated heterocycles. The van der Waals surface area contributed by atoms with Crippen LogP contribution in [0.2, 0.25) is 0 Å². The van der Waals surface area contributed by atoms with E-state index < -0.39 is 10.0 Å². The molecule has 2 N–H and O–H groups in total. The number of amides is 1. The van der Waals surface area contributed by atoms with Crippen molar-refractivity contribution in [3.05, 3.63) is 96.0 Å². The van der Waals surface area contributed by atoms with E-state index in [1.165, 1.54) is 24.3 Å². The maximum absolute atomic E-state index is 12.2. The van der Waals surface area contributed by atoms with Gasteiger partial charge in [0.05, 0.1) is 11.4 Å². The predicted molar refractivity (Wildman–Crippen MR) is 106 cm³/mol. The van der Waals surface area contributed by atoms with Crippen molar-refractivity contribution in [2.45, 2.75) is 18.0 Å². The molecule has 0 spiro atoms. The molecule has 0 unspecified atom stereocenters. The normalized spacial score (nSPS) is 11.6. The van der Waals surface area contributed by atoms with Crippen LogP contribution in [-0.4, -0.2) is 14.3 Å². The van der Waals surface area contributed by atoms with Gasteiger partial charge in [-0.3, -0.25) is 4.79 Å². The van der Waals surface area contributed by atoms with Gasteiger partial charge >= 0.3 is 0 Å². The van der Waals surface area contributed by atoms with Crippen molar-refractivity contribution < 1.29 is 17.6 Å². The molecule has 0 aliphatic heterocycles. The van der Waals surface area contributed by atoms with Crippen LogP contribution in [0.5, 0.6) is 0 Å². The van der Waals surface area contributed by atoms with Crippen molar-refractivity contribution in [1.82, 2.24) is 10.0 Å². The van der Waals surface area contributed by atoms with E-state index in [-0.39, 0.29) is 17.3 Å². The summed E-state index contributed by atoms with van der Waals surface area (Å²) in [4.78, 5) is 12.1. The number of sulfonamides is 1. The van der Waals surface area contributed by atoms with Gasteiger partial charge in [-0.1, -0.05) is 48.5 Å². The largest absolute Gasteiger partial charge is 0.460 e. The Morgan fingerprint density at radius 3 is 2.29 bits per heavy atom. The Kier molecular flexibility index (Phi) is 6.41. The van der Waals surface area contributed by atoms with Crippen LogP contribution in [0.1, 0.15) is 17.1 Å². The summed E-state index contributed by atoms with van der Waals surface area (Å²) in [7, 11) is -3.60. The van der Waals surface area contributed by atoms with Crippen molar-refractivity contribution in [1.29, 1.82) is 0 Å². The van der Waals surface area contributed by atoms with Gasteiger partial charge in [-0.25, -0.2) is 13.1 Å². The van der Waals surface area contributed by atoms with Crippen LogP contribution >= 0.6 is 0 Å². The number of hydrogen-bond acceptors (Lipinski definition) is 4. The summed E-state index contributed by atoms with van der Waals surface area (Å²) in [5.41, 5.74) is 1.01. The minimum atomic E-state index is -3.60. The highest BCUT2D eigenvalue weighted by Crippen LogP contribution is 2.12. The van der Waals surface area contributed by atoms with Crippen LogP contribution in [-0.2, 0) is 27.9 Å². The summed E-state index contributed by atoms with van der Waals surface area (Å²) < 4.78 is 32.4. The zero-order chi connectivity index (χ0) is 19.8. The van der Waals surface area contributed by atoms with E-state index in [2.05, 4.69) is 10.0 Å². The summed E-state index contributed by atoms with van der Waals surface area (Å²) in [6.07, 6.45) is 2.91. The van der Waals surface area contributed by atoms with Crippen molar-refractivity contribution in [3.8, 4) is 0 Å². The van der Waals surface area contributed by atoms with Crippen molar-refractivity contribution in [2.75, 3.05) is 0 Å². The second-order valence-electron chi connectivity index (χ2n) is 5.98. The minimum absolute atomic E-state index is 0.0191. The Hall–Kier alpha value is -3.16. The van der Waals surface area contributed by atoms with Crippen molar-refractivity contribution in [3.63, 3.8) is 0 Å². The summed E-state index contributed by atoms with van der Waals surface area (Å²) in [6, 6.07) is 21.0. The lowest BCUT2D eigenvalue weighted by molar-refractivity contribution is -0.116. The first-order chi connectivity index (χ1) is 13.5. The number of carbonyl (C=O) groups is 1. The van der Waals surface area contributed by atoms with Crippen molar-refractivity contribution >= 4 is 22.0 Å². The second-order valence-corrected chi connectivity index (χ2v) is 7.75. The molecule has 0 fully saturated rings. The second kappa shape index (κ2) is 9.16. The molecule has 0 atom stereocenters. The van der Waals surface area contributed by atoms with E-state index in [9.17, 15) is 13.2 Å². The molecule has 28 heavy (non-hydrogen) atoms. The molecule has 7 heteroatoms. The van der Waals surface area contributed by atoms with Crippen LogP contribution < -0.4 is 10.0 Å². The van der Waals surface area contributed by atoms with Crippen LogP contribution in [0.3, 0.4) is 0 Å². The zero-order valence-corrected chi connectivity index (χ0v) is 15.9. The average molecular weight is 396 g/mol. The highest BCUT2D eigenvalue weighted by atomic mass is 32.2. The topological polar surface area (TPSA) is 88.4 Å². The highest BCUT2D eigenvalue weighted by molar-refractivity contribution is 7.89. The lowest BCUT2D eigenvalue weighted by Gasteiger charge is -2.04. The number of rotatable bonds is 8. The molecule has 3 rings (SSSR count). The molecule has 2 aromatic carbocycles. The number of nitrogens with one attached hydrogen (secondary N) is 2. The van der Waals surface area contributed by atoms with E-state index in [1.807, 2.05) is 30.3 Å². The minimum Gasteiger partial charge on any atom is -0.460 e. The maximum Gasteiger partial charge on any atom is 0.244 e. The number of carbonyl (C=O) groups excluding carboxylic acids is 1. The fourth-order valence-corrected chi connectivity index (χ4v) is 3.44. The van der Waals surface area contributed by atoms with Crippen LogP contribution in [0.15, 0.2) is 88.2 Å². The monoisotopic (exact) mass is 396 g/mol. The third-order valence-corrected chi connectivity index (χ3v) is 5.30. The first-order valence-corrected chi connectivity index (χ1v) is 10.1. The fraction of sp³-hybridized carbons (Fsp3) is 0.0952. The summed E-state index contributed by atoms with van der Waals surface area (Å²) in [5, 5.41) is 2.78. The van der Waals surface area contributed by atoms with E-state index in [0.717, 1.165) is 5.56 Å². The first kappa shape index (κ1) is 19.6. The van der Waals surface area contributed by atoms with E-state index >= 15 is 0 Å². The van der Waals surface area contributed by atoms with Gasteiger partial charge in [-0.05, 0) is 35.9 Å². The van der Waals surface area contributed by atoms with Crippen molar-refractivity contribution in [2.24, 2.45) is 0 Å². The molecule has 0 aliphatic carbocycles. The van der Waals surface area contributed by atoms with E-state index in [1.54, 1.807) is 30.3 Å². The third kappa shape index (κ3) is 5.67. The first-order valence-electron chi connectivity index (χ1n) is 8.66. The number of hydrogen-bond donors (Lipinski definition) is 2. The SMILES string of the molecule is O=C(/C=C/c1ccc(CNS(=O)(=O)c2ccccc2)o1)NCc1ccccc1. The molecule has 0 radical (unpaired) electrons.